The van der Waals surface area contributed by atoms with E-state index in [2.05, 4.69) is 5.43 Å². The molecule has 24 heavy (non-hydrogen) atoms. The summed E-state index contributed by atoms with van der Waals surface area (Å²) in [7, 11) is 0. The van der Waals surface area contributed by atoms with Gasteiger partial charge < -0.3 is 9.47 Å². The Balaban J connectivity index is 2.73. The van der Waals surface area contributed by atoms with Gasteiger partial charge in [-0.15, -0.1) is 5.01 Å². The fraction of sp³-hybridized carbons (Fsp3) is 0.471. The molecule has 0 spiro atoms. The molecule has 1 N–H and O–H groups in total. The number of ether oxygens (including phenoxy) is 2. The third kappa shape index (κ3) is 7.13. The molecule has 0 unspecified atom stereocenters. The van der Waals surface area contributed by atoms with E-state index in [0.717, 1.165) is 5.56 Å². The van der Waals surface area contributed by atoms with Crippen LogP contribution in [0.25, 0.3) is 0 Å². The fourth-order valence-electron chi connectivity index (χ4n) is 1.80. The minimum atomic E-state index is -0.941. The Morgan fingerprint density at radius 3 is 2.12 bits per heavy atom. The van der Waals surface area contributed by atoms with Gasteiger partial charge in [-0.2, -0.15) is 0 Å². The maximum absolute atomic E-state index is 12.3. The van der Waals surface area contributed by atoms with Crippen LogP contribution in [-0.2, 0) is 20.7 Å². The van der Waals surface area contributed by atoms with Crippen LogP contribution >= 0.6 is 0 Å². The smallest absolute Gasteiger partial charge is 0.436 e. The Bertz CT molecular complexity index is 557. The maximum atomic E-state index is 12.3. The van der Waals surface area contributed by atoms with Crippen LogP contribution < -0.4 is 5.43 Å². The molecule has 1 rings (SSSR count). The van der Waals surface area contributed by atoms with E-state index >= 15 is 0 Å². The molecular weight excluding hydrogens is 312 g/mol. The molecule has 3 amide bonds. The lowest BCUT2D eigenvalue weighted by Crippen LogP contribution is -2.51. The number of rotatable bonds is 5. The summed E-state index contributed by atoms with van der Waals surface area (Å²) in [6.45, 7) is 6.62. The van der Waals surface area contributed by atoms with Crippen LogP contribution in [0.2, 0.25) is 0 Å². The number of amides is 3. The van der Waals surface area contributed by atoms with E-state index in [9.17, 15) is 14.4 Å². The van der Waals surface area contributed by atoms with E-state index in [1.165, 1.54) is 0 Å². The van der Waals surface area contributed by atoms with E-state index in [0.29, 0.717) is 11.4 Å². The zero-order chi connectivity index (χ0) is 18.1. The van der Waals surface area contributed by atoms with E-state index in [1.54, 1.807) is 27.7 Å². The molecule has 0 radical (unpaired) electrons. The highest BCUT2D eigenvalue weighted by Gasteiger charge is 2.26. The van der Waals surface area contributed by atoms with Crippen LogP contribution in [0.1, 0.15) is 39.7 Å². The molecule has 0 saturated carbocycles. The van der Waals surface area contributed by atoms with Crippen molar-refractivity contribution in [1.29, 1.82) is 0 Å². The van der Waals surface area contributed by atoms with Crippen molar-refractivity contribution in [1.82, 2.24) is 10.4 Å². The number of hydrazine groups is 1. The minimum Gasteiger partial charge on any atom is -0.446 e. The molecule has 0 bridgehead atoms. The maximum Gasteiger partial charge on any atom is 0.436 e. The second kappa shape index (κ2) is 9.54. The predicted molar refractivity (Wildman–Crippen MR) is 88.0 cm³/mol. The van der Waals surface area contributed by atoms with Gasteiger partial charge in [-0.05, 0) is 39.7 Å². The Hall–Kier alpha value is -2.57. The van der Waals surface area contributed by atoms with Crippen molar-refractivity contribution in [3.63, 3.8) is 0 Å². The van der Waals surface area contributed by atoms with Gasteiger partial charge in [0.25, 0.3) is 5.91 Å². The number of nitrogens with one attached hydrogen (secondary N) is 1. The predicted octanol–water partition coefficient (Wildman–Crippen LogP) is 3.04. The van der Waals surface area contributed by atoms with Gasteiger partial charge in [0.05, 0.1) is 12.2 Å². The number of hydrogen-bond donors (Lipinski definition) is 1. The van der Waals surface area contributed by atoms with Crippen LogP contribution in [0.4, 0.5) is 9.59 Å². The lowest BCUT2D eigenvalue weighted by atomic mass is 10.1. The van der Waals surface area contributed by atoms with Crippen molar-refractivity contribution in [2.45, 2.75) is 52.7 Å². The number of benzene rings is 1. The Morgan fingerprint density at radius 1 is 1.00 bits per heavy atom. The number of carbonyl (C=O) groups excluding carboxylic acids is 3. The summed E-state index contributed by atoms with van der Waals surface area (Å²) in [4.78, 5) is 36.1. The van der Waals surface area contributed by atoms with Crippen LogP contribution in [-0.4, -0.2) is 35.3 Å². The molecule has 7 heteroatoms. The molecule has 7 nitrogen and oxygen atoms in total. The topological polar surface area (TPSA) is 84.9 Å². The first-order chi connectivity index (χ1) is 11.3. The summed E-state index contributed by atoms with van der Waals surface area (Å²) < 4.78 is 9.88. The second-order valence-electron chi connectivity index (χ2n) is 5.71. The van der Waals surface area contributed by atoms with Gasteiger partial charge in [0.1, 0.15) is 0 Å². The summed E-state index contributed by atoms with van der Waals surface area (Å²) in [5, 5.41) is 0.563. The average Bonchev–Trinajstić information content (AvgIpc) is 2.49. The lowest BCUT2D eigenvalue weighted by Gasteiger charge is -2.22. The SMILES string of the molecule is CC(C)OC(=O)NN(C(=O)CCc1ccccc1)C(=O)OC(C)C. The number of imide groups is 1. The molecule has 0 aliphatic heterocycles. The molecule has 0 aromatic heterocycles. The number of hydrogen-bond acceptors (Lipinski definition) is 5. The van der Waals surface area contributed by atoms with Gasteiger partial charge in [0.2, 0.25) is 0 Å². The summed E-state index contributed by atoms with van der Waals surface area (Å²) in [5.41, 5.74) is 3.09. The normalized spacial score (nSPS) is 10.4. The largest absolute Gasteiger partial charge is 0.446 e. The van der Waals surface area contributed by atoms with E-state index in [1.807, 2.05) is 30.3 Å². The first-order valence-electron chi connectivity index (χ1n) is 7.84. The molecule has 1 aromatic carbocycles. The van der Waals surface area contributed by atoms with Crippen molar-refractivity contribution < 1.29 is 23.9 Å². The molecular formula is C17H24N2O5. The Kier molecular flexibility index (Phi) is 7.74. The van der Waals surface area contributed by atoms with Crippen LogP contribution in [0.15, 0.2) is 30.3 Å². The highest BCUT2D eigenvalue weighted by molar-refractivity contribution is 5.93. The third-order valence-electron chi connectivity index (χ3n) is 2.78. The molecule has 1 aromatic rings. The van der Waals surface area contributed by atoms with E-state index in [4.69, 9.17) is 9.47 Å². The zero-order valence-electron chi connectivity index (χ0n) is 14.4. The van der Waals surface area contributed by atoms with Crippen molar-refractivity contribution >= 4 is 18.1 Å². The first kappa shape index (κ1) is 19.5. The van der Waals surface area contributed by atoms with Crippen LogP contribution in [0, 0.1) is 0 Å². The fourth-order valence-corrected chi connectivity index (χ4v) is 1.80. The zero-order valence-corrected chi connectivity index (χ0v) is 14.4. The highest BCUT2D eigenvalue weighted by Crippen LogP contribution is 2.06. The van der Waals surface area contributed by atoms with Gasteiger partial charge in [-0.25, -0.2) is 15.0 Å². The summed E-state index contributed by atoms with van der Waals surface area (Å²) >= 11 is 0. The molecule has 0 heterocycles. The lowest BCUT2D eigenvalue weighted by molar-refractivity contribution is -0.132. The molecule has 132 valence electrons. The average molecular weight is 336 g/mol. The van der Waals surface area contributed by atoms with Gasteiger partial charge in [0, 0.05) is 6.42 Å². The summed E-state index contributed by atoms with van der Waals surface area (Å²) in [5.74, 6) is -0.579. The Morgan fingerprint density at radius 2 is 1.58 bits per heavy atom. The van der Waals surface area contributed by atoms with E-state index in [-0.39, 0.29) is 12.5 Å². The van der Waals surface area contributed by atoms with Gasteiger partial charge in [0.15, 0.2) is 0 Å². The second-order valence-corrected chi connectivity index (χ2v) is 5.71. The van der Waals surface area contributed by atoms with Gasteiger partial charge in [-0.3, -0.25) is 4.79 Å². The minimum absolute atomic E-state index is 0.0408. The van der Waals surface area contributed by atoms with Crippen LogP contribution in [0.5, 0.6) is 0 Å². The molecule has 0 aliphatic carbocycles. The van der Waals surface area contributed by atoms with Gasteiger partial charge in [-0.1, -0.05) is 30.3 Å². The number of aryl methyl sites for hydroxylation is 1. The van der Waals surface area contributed by atoms with Crippen LogP contribution in [0.3, 0.4) is 0 Å². The number of nitrogens with zero attached hydrogens (tertiary/aromatic N) is 1. The highest BCUT2D eigenvalue weighted by atomic mass is 16.6. The third-order valence-corrected chi connectivity index (χ3v) is 2.78. The summed E-state index contributed by atoms with van der Waals surface area (Å²) in [6, 6.07) is 9.36. The monoisotopic (exact) mass is 336 g/mol. The van der Waals surface area contributed by atoms with Crippen molar-refractivity contribution in [2.24, 2.45) is 0 Å². The Labute approximate surface area is 141 Å². The molecule has 0 saturated heterocycles. The van der Waals surface area contributed by atoms with Crippen molar-refractivity contribution in [2.75, 3.05) is 0 Å². The van der Waals surface area contributed by atoms with E-state index < -0.39 is 24.2 Å². The van der Waals surface area contributed by atoms with Gasteiger partial charge >= 0.3 is 12.2 Å². The van der Waals surface area contributed by atoms with Crippen molar-refractivity contribution in [3.8, 4) is 0 Å². The number of carbonyl (C=O) groups is 3. The summed E-state index contributed by atoms with van der Waals surface area (Å²) in [6.07, 6.45) is -2.16. The van der Waals surface area contributed by atoms with Crippen molar-refractivity contribution in [3.05, 3.63) is 35.9 Å². The molecule has 0 atom stereocenters. The first-order valence-corrected chi connectivity index (χ1v) is 7.84. The molecule has 0 fully saturated rings. The molecule has 0 aliphatic rings. The standard InChI is InChI=1S/C17H24N2O5/c1-12(2)23-16(21)18-19(17(22)24-13(3)4)15(20)11-10-14-8-6-5-7-9-14/h5-9,12-13H,10-11H2,1-4H3,(H,18,21). The quantitative estimate of drug-likeness (QED) is 0.835.